The van der Waals surface area contributed by atoms with Gasteiger partial charge in [0.15, 0.2) is 0 Å². The maximum atomic E-state index is 12.6. The van der Waals surface area contributed by atoms with Crippen molar-refractivity contribution in [2.45, 2.75) is 18.8 Å². The lowest BCUT2D eigenvalue weighted by Gasteiger charge is -2.31. The first-order valence-corrected chi connectivity index (χ1v) is 10.5. The van der Waals surface area contributed by atoms with Gasteiger partial charge in [-0.1, -0.05) is 0 Å². The lowest BCUT2D eigenvalue weighted by Crippen LogP contribution is -2.38. The number of aromatic nitrogens is 1. The van der Waals surface area contributed by atoms with Crippen LogP contribution in [0.1, 0.15) is 24.3 Å². The van der Waals surface area contributed by atoms with Crippen molar-refractivity contribution in [2.24, 2.45) is 0 Å². The molecule has 0 atom stereocenters. The first kappa shape index (κ1) is 21.1. The van der Waals surface area contributed by atoms with Crippen LogP contribution >= 0.6 is 0 Å². The van der Waals surface area contributed by atoms with Crippen LogP contribution in [0.25, 0.3) is 10.9 Å². The van der Waals surface area contributed by atoms with Crippen molar-refractivity contribution in [1.29, 1.82) is 0 Å². The smallest absolute Gasteiger partial charge is 0.238 e. The van der Waals surface area contributed by atoms with Crippen molar-refractivity contribution in [2.75, 3.05) is 46.3 Å². The number of hydrogen-bond acceptors (Lipinski definition) is 5. The zero-order chi connectivity index (χ0) is 21.8. The molecule has 7 heteroatoms. The first-order chi connectivity index (χ1) is 15.1. The molecule has 3 aromatic rings. The average Bonchev–Trinajstić information content (AvgIpc) is 3.23. The molecule has 1 fully saturated rings. The van der Waals surface area contributed by atoms with Crippen LogP contribution in [0.2, 0.25) is 0 Å². The molecule has 0 spiro atoms. The molecule has 0 aliphatic carbocycles. The Morgan fingerprint density at radius 1 is 1.03 bits per heavy atom. The Kier molecular flexibility index (Phi) is 6.32. The Morgan fingerprint density at radius 2 is 1.74 bits per heavy atom. The van der Waals surface area contributed by atoms with E-state index in [1.165, 1.54) is 10.9 Å². The first-order valence-electron chi connectivity index (χ1n) is 10.5. The molecule has 1 aromatic heterocycles. The van der Waals surface area contributed by atoms with Gasteiger partial charge in [0, 0.05) is 23.2 Å². The van der Waals surface area contributed by atoms with Crippen LogP contribution in [-0.2, 0) is 4.79 Å². The van der Waals surface area contributed by atoms with Crippen LogP contribution < -0.4 is 19.5 Å². The highest BCUT2D eigenvalue weighted by Crippen LogP contribution is 2.35. The maximum absolute atomic E-state index is 12.6. The quantitative estimate of drug-likeness (QED) is 0.601. The third-order valence-electron chi connectivity index (χ3n) is 6.00. The molecule has 1 aliphatic rings. The van der Waals surface area contributed by atoms with E-state index in [0.717, 1.165) is 37.2 Å². The number of hydrogen-bond donors (Lipinski definition) is 2. The number of ether oxygens (including phenoxy) is 3. The highest BCUT2D eigenvalue weighted by molar-refractivity contribution is 5.93. The van der Waals surface area contributed by atoms with Gasteiger partial charge in [-0.15, -0.1) is 0 Å². The predicted octanol–water partition coefficient (Wildman–Crippen LogP) is 4.01. The summed E-state index contributed by atoms with van der Waals surface area (Å²) in [7, 11) is 4.87. The fourth-order valence-corrected chi connectivity index (χ4v) is 4.28. The molecule has 2 aromatic carbocycles. The normalized spacial score (nSPS) is 15.1. The number of carbonyl (C=O) groups is 1. The summed E-state index contributed by atoms with van der Waals surface area (Å²) < 4.78 is 16.0. The van der Waals surface area contributed by atoms with E-state index >= 15 is 0 Å². The van der Waals surface area contributed by atoms with Gasteiger partial charge < -0.3 is 24.5 Å². The minimum absolute atomic E-state index is 0.0428. The number of carbonyl (C=O) groups excluding carboxylic acids is 1. The Labute approximate surface area is 182 Å². The zero-order valence-corrected chi connectivity index (χ0v) is 18.2. The number of piperidine rings is 1. The zero-order valence-electron chi connectivity index (χ0n) is 18.2. The molecule has 0 bridgehead atoms. The number of aromatic amines is 1. The Morgan fingerprint density at radius 3 is 2.45 bits per heavy atom. The van der Waals surface area contributed by atoms with Crippen molar-refractivity contribution in [3.8, 4) is 17.2 Å². The van der Waals surface area contributed by atoms with Crippen molar-refractivity contribution in [3.63, 3.8) is 0 Å². The minimum atomic E-state index is -0.0428. The van der Waals surface area contributed by atoms with Gasteiger partial charge in [0.2, 0.25) is 5.91 Å². The number of rotatable bonds is 7. The number of benzene rings is 2. The molecule has 7 nitrogen and oxygen atoms in total. The van der Waals surface area contributed by atoms with E-state index in [0.29, 0.717) is 29.6 Å². The molecule has 1 aliphatic heterocycles. The standard InChI is InChI=1S/C24H29N3O4/c1-29-17-4-6-21-19(12-17)20(14-25-21)16-8-10-27(11-9-16)15-24(28)26-22-7-5-18(30-2)13-23(22)31-3/h4-7,12-14,16,25H,8-11,15H2,1-3H3,(H,26,28). The average molecular weight is 424 g/mol. The van der Waals surface area contributed by atoms with E-state index < -0.39 is 0 Å². The lowest BCUT2D eigenvalue weighted by atomic mass is 9.89. The summed E-state index contributed by atoms with van der Waals surface area (Å²) in [4.78, 5) is 18.2. The molecule has 2 N–H and O–H groups in total. The van der Waals surface area contributed by atoms with Gasteiger partial charge in [-0.2, -0.15) is 0 Å². The van der Waals surface area contributed by atoms with Crippen LogP contribution in [0.5, 0.6) is 17.2 Å². The van der Waals surface area contributed by atoms with Crippen molar-refractivity contribution in [1.82, 2.24) is 9.88 Å². The fourth-order valence-electron chi connectivity index (χ4n) is 4.28. The maximum Gasteiger partial charge on any atom is 0.238 e. The Hall–Kier alpha value is -3.19. The van der Waals surface area contributed by atoms with Gasteiger partial charge in [0.05, 0.1) is 33.6 Å². The molecule has 0 radical (unpaired) electrons. The molecular weight excluding hydrogens is 394 g/mol. The summed E-state index contributed by atoms with van der Waals surface area (Å²) in [5.74, 6) is 2.57. The van der Waals surface area contributed by atoms with Crippen molar-refractivity contribution >= 4 is 22.5 Å². The molecule has 31 heavy (non-hydrogen) atoms. The van der Waals surface area contributed by atoms with Crippen molar-refractivity contribution < 1.29 is 19.0 Å². The third kappa shape index (κ3) is 4.61. The number of H-pyrrole nitrogens is 1. The van der Waals surface area contributed by atoms with E-state index in [1.807, 2.05) is 6.07 Å². The topological polar surface area (TPSA) is 75.8 Å². The third-order valence-corrected chi connectivity index (χ3v) is 6.00. The molecule has 1 saturated heterocycles. The monoisotopic (exact) mass is 423 g/mol. The molecular formula is C24H29N3O4. The van der Waals surface area contributed by atoms with Gasteiger partial charge in [0.25, 0.3) is 0 Å². The molecule has 164 valence electrons. The molecule has 2 heterocycles. The largest absolute Gasteiger partial charge is 0.497 e. The second-order valence-corrected chi connectivity index (χ2v) is 7.82. The molecule has 4 rings (SSSR count). The number of anilines is 1. The summed E-state index contributed by atoms with van der Waals surface area (Å²) in [6.45, 7) is 2.13. The van der Waals surface area contributed by atoms with Crippen LogP contribution in [0.3, 0.4) is 0 Å². The summed E-state index contributed by atoms with van der Waals surface area (Å²) in [5.41, 5.74) is 3.11. The Balaban J connectivity index is 1.35. The Bertz CT molecular complexity index is 1050. The molecule has 0 saturated carbocycles. The summed E-state index contributed by atoms with van der Waals surface area (Å²) in [6, 6.07) is 11.5. The van der Waals surface area contributed by atoms with E-state index in [2.05, 4.69) is 33.5 Å². The highest BCUT2D eigenvalue weighted by Gasteiger charge is 2.24. The van der Waals surface area contributed by atoms with Gasteiger partial charge in [-0.05, 0) is 67.7 Å². The van der Waals surface area contributed by atoms with E-state index in [-0.39, 0.29) is 5.91 Å². The van der Waals surface area contributed by atoms with Crippen LogP contribution in [0, 0.1) is 0 Å². The predicted molar refractivity (Wildman–Crippen MR) is 121 cm³/mol. The highest BCUT2D eigenvalue weighted by atomic mass is 16.5. The second-order valence-electron chi connectivity index (χ2n) is 7.82. The number of nitrogens with one attached hydrogen (secondary N) is 2. The van der Waals surface area contributed by atoms with E-state index in [4.69, 9.17) is 14.2 Å². The second kappa shape index (κ2) is 9.31. The van der Waals surface area contributed by atoms with E-state index in [9.17, 15) is 4.79 Å². The minimum Gasteiger partial charge on any atom is -0.497 e. The molecule has 0 unspecified atom stereocenters. The van der Waals surface area contributed by atoms with Gasteiger partial charge in [0.1, 0.15) is 17.2 Å². The van der Waals surface area contributed by atoms with Gasteiger partial charge in [-0.3, -0.25) is 9.69 Å². The summed E-state index contributed by atoms with van der Waals surface area (Å²) >= 11 is 0. The molecule has 1 amide bonds. The van der Waals surface area contributed by atoms with Gasteiger partial charge in [-0.25, -0.2) is 0 Å². The summed E-state index contributed by atoms with van der Waals surface area (Å²) in [6.07, 6.45) is 4.15. The number of likely N-dealkylation sites (tertiary alicyclic amines) is 1. The van der Waals surface area contributed by atoms with Crippen LogP contribution in [0.4, 0.5) is 5.69 Å². The number of fused-ring (bicyclic) bond motifs is 1. The van der Waals surface area contributed by atoms with Crippen LogP contribution in [0.15, 0.2) is 42.6 Å². The van der Waals surface area contributed by atoms with Crippen molar-refractivity contribution in [3.05, 3.63) is 48.2 Å². The van der Waals surface area contributed by atoms with E-state index in [1.54, 1.807) is 39.5 Å². The number of nitrogens with zero attached hydrogens (tertiary/aromatic N) is 1. The number of methoxy groups -OCH3 is 3. The number of amides is 1. The SMILES string of the molecule is COc1ccc(NC(=O)CN2CCC(c3c[nH]c4ccc(OC)cc34)CC2)c(OC)c1. The van der Waals surface area contributed by atoms with Gasteiger partial charge >= 0.3 is 0 Å². The summed E-state index contributed by atoms with van der Waals surface area (Å²) in [5, 5.41) is 4.18. The van der Waals surface area contributed by atoms with Crippen LogP contribution in [-0.4, -0.2) is 56.8 Å². The fraction of sp³-hybridized carbons (Fsp3) is 0.375. The lowest BCUT2D eigenvalue weighted by molar-refractivity contribution is -0.117.